The summed E-state index contributed by atoms with van der Waals surface area (Å²) in [5.41, 5.74) is 0.757. The van der Waals surface area contributed by atoms with Crippen molar-refractivity contribution in [1.29, 1.82) is 5.26 Å². The molecule has 1 N–H and O–H groups in total. The van der Waals surface area contributed by atoms with E-state index in [1.807, 2.05) is 18.2 Å². The summed E-state index contributed by atoms with van der Waals surface area (Å²) in [7, 11) is 1.58. The highest BCUT2D eigenvalue weighted by molar-refractivity contribution is 6.01. The SMILES string of the molecule is CCCCCCOc1ccc(C=C(C#N)C(=O)NCC2CCCO2)cc1OC. The lowest BCUT2D eigenvalue weighted by atomic mass is 10.1. The summed E-state index contributed by atoms with van der Waals surface area (Å²) in [6.07, 6.45) is 8.07. The summed E-state index contributed by atoms with van der Waals surface area (Å²) >= 11 is 0. The fraction of sp³-hybridized carbons (Fsp3) is 0.545. The van der Waals surface area contributed by atoms with Crippen LogP contribution in [0.2, 0.25) is 0 Å². The van der Waals surface area contributed by atoms with E-state index >= 15 is 0 Å². The number of hydrogen-bond acceptors (Lipinski definition) is 5. The molecule has 1 heterocycles. The van der Waals surface area contributed by atoms with E-state index < -0.39 is 5.91 Å². The molecule has 1 atom stereocenters. The molecule has 1 unspecified atom stereocenters. The topological polar surface area (TPSA) is 80.6 Å². The quantitative estimate of drug-likeness (QED) is 0.355. The Kier molecular flexibility index (Phi) is 9.36. The molecular formula is C22H30N2O4. The molecule has 28 heavy (non-hydrogen) atoms. The van der Waals surface area contributed by atoms with Crippen LogP contribution in [-0.4, -0.2) is 38.9 Å². The van der Waals surface area contributed by atoms with Crippen LogP contribution in [0.25, 0.3) is 6.08 Å². The minimum absolute atomic E-state index is 0.0396. The molecule has 1 amide bonds. The molecule has 0 saturated carbocycles. The van der Waals surface area contributed by atoms with Crippen LogP contribution in [0.4, 0.5) is 0 Å². The van der Waals surface area contributed by atoms with Gasteiger partial charge in [-0.2, -0.15) is 5.26 Å². The Balaban J connectivity index is 1.97. The first-order chi connectivity index (χ1) is 13.7. The van der Waals surface area contributed by atoms with Crippen LogP contribution in [0.15, 0.2) is 23.8 Å². The van der Waals surface area contributed by atoms with Crippen molar-refractivity contribution in [3.8, 4) is 17.6 Å². The van der Waals surface area contributed by atoms with Crippen molar-refractivity contribution in [3.63, 3.8) is 0 Å². The van der Waals surface area contributed by atoms with Crippen LogP contribution in [0.1, 0.15) is 51.0 Å². The number of carbonyl (C=O) groups is 1. The molecule has 6 heteroatoms. The molecule has 0 bridgehead atoms. The largest absolute Gasteiger partial charge is 0.493 e. The van der Waals surface area contributed by atoms with Crippen LogP contribution >= 0.6 is 0 Å². The first-order valence-corrected chi connectivity index (χ1v) is 10.00. The lowest BCUT2D eigenvalue weighted by Gasteiger charge is -2.12. The van der Waals surface area contributed by atoms with Crippen molar-refractivity contribution in [2.24, 2.45) is 0 Å². The first-order valence-electron chi connectivity index (χ1n) is 10.00. The molecule has 1 aromatic rings. The summed E-state index contributed by atoms with van der Waals surface area (Å²) in [5.74, 6) is 0.854. The molecule has 1 aliphatic rings. The summed E-state index contributed by atoms with van der Waals surface area (Å²) in [6.45, 7) is 3.97. The number of unbranched alkanes of at least 4 members (excludes halogenated alkanes) is 3. The van der Waals surface area contributed by atoms with E-state index in [-0.39, 0.29) is 11.7 Å². The molecule has 1 aliphatic heterocycles. The van der Waals surface area contributed by atoms with Crippen LogP contribution in [0.3, 0.4) is 0 Å². The number of rotatable bonds is 11. The number of amides is 1. The van der Waals surface area contributed by atoms with Crippen molar-refractivity contribution in [2.75, 3.05) is 26.9 Å². The summed E-state index contributed by atoms with van der Waals surface area (Å²) in [4.78, 5) is 12.3. The van der Waals surface area contributed by atoms with Crippen molar-refractivity contribution < 1.29 is 19.0 Å². The lowest BCUT2D eigenvalue weighted by molar-refractivity contribution is -0.117. The number of nitrogens with one attached hydrogen (secondary N) is 1. The number of hydrogen-bond donors (Lipinski definition) is 1. The molecule has 0 radical (unpaired) electrons. The third kappa shape index (κ3) is 6.90. The zero-order valence-electron chi connectivity index (χ0n) is 16.8. The third-order valence-corrected chi connectivity index (χ3v) is 4.63. The molecule has 1 fully saturated rings. The highest BCUT2D eigenvalue weighted by Gasteiger charge is 2.17. The summed E-state index contributed by atoms with van der Waals surface area (Å²) < 4.78 is 16.7. The molecule has 1 saturated heterocycles. The highest BCUT2D eigenvalue weighted by atomic mass is 16.5. The number of nitrogens with zero attached hydrogens (tertiary/aromatic N) is 1. The maximum Gasteiger partial charge on any atom is 0.262 e. The predicted octanol–water partition coefficient (Wildman–Crippen LogP) is 3.86. The van der Waals surface area contributed by atoms with Gasteiger partial charge in [0.15, 0.2) is 11.5 Å². The van der Waals surface area contributed by atoms with Gasteiger partial charge in [0.25, 0.3) is 5.91 Å². The molecule has 6 nitrogen and oxygen atoms in total. The van der Waals surface area contributed by atoms with Gasteiger partial charge >= 0.3 is 0 Å². The number of methoxy groups -OCH3 is 1. The third-order valence-electron chi connectivity index (χ3n) is 4.63. The molecule has 152 valence electrons. The Morgan fingerprint density at radius 2 is 2.21 bits per heavy atom. The van der Waals surface area contributed by atoms with Gasteiger partial charge in [0, 0.05) is 13.2 Å². The second-order valence-corrected chi connectivity index (χ2v) is 6.83. The number of carbonyl (C=O) groups excluding carboxylic acids is 1. The van der Waals surface area contributed by atoms with Gasteiger partial charge in [-0.3, -0.25) is 4.79 Å². The smallest absolute Gasteiger partial charge is 0.262 e. The van der Waals surface area contributed by atoms with Gasteiger partial charge in [0.2, 0.25) is 0 Å². The number of benzene rings is 1. The number of ether oxygens (including phenoxy) is 3. The summed E-state index contributed by atoms with van der Waals surface area (Å²) in [5, 5.41) is 12.1. The Bertz CT molecular complexity index is 703. The minimum Gasteiger partial charge on any atom is -0.493 e. The number of nitriles is 1. The standard InChI is InChI=1S/C22H30N2O4/c1-3-4-5-6-11-28-20-10-9-17(14-21(20)26-2)13-18(15-23)22(25)24-16-19-8-7-12-27-19/h9-10,13-14,19H,3-8,11-12,16H2,1-2H3,(H,24,25). The van der Waals surface area contributed by atoms with Crippen molar-refractivity contribution >= 4 is 12.0 Å². The average Bonchev–Trinajstić information content (AvgIpc) is 3.24. The van der Waals surface area contributed by atoms with E-state index in [4.69, 9.17) is 14.2 Å². The van der Waals surface area contributed by atoms with Gasteiger partial charge in [-0.05, 0) is 43.0 Å². The second-order valence-electron chi connectivity index (χ2n) is 6.83. The Hall–Kier alpha value is -2.52. The van der Waals surface area contributed by atoms with E-state index in [0.29, 0.717) is 30.2 Å². The van der Waals surface area contributed by atoms with Crippen molar-refractivity contribution in [2.45, 2.75) is 51.6 Å². The second kappa shape index (κ2) is 12.0. The van der Waals surface area contributed by atoms with E-state index in [1.54, 1.807) is 19.3 Å². The Morgan fingerprint density at radius 1 is 1.36 bits per heavy atom. The monoisotopic (exact) mass is 386 g/mol. The fourth-order valence-corrected chi connectivity index (χ4v) is 3.03. The van der Waals surface area contributed by atoms with Gasteiger partial charge in [0.1, 0.15) is 11.6 Å². The van der Waals surface area contributed by atoms with E-state index in [0.717, 1.165) is 32.3 Å². The van der Waals surface area contributed by atoms with Crippen LogP contribution in [0, 0.1) is 11.3 Å². The molecular weight excluding hydrogens is 356 g/mol. The zero-order valence-corrected chi connectivity index (χ0v) is 16.8. The molecule has 0 aromatic heterocycles. The van der Waals surface area contributed by atoms with Gasteiger partial charge in [-0.25, -0.2) is 0 Å². The lowest BCUT2D eigenvalue weighted by Crippen LogP contribution is -2.32. The van der Waals surface area contributed by atoms with E-state index in [1.165, 1.54) is 12.8 Å². The average molecular weight is 386 g/mol. The Labute approximate surface area is 167 Å². The normalized spacial score (nSPS) is 16.5. The minimum atomic E-state index is -0.395. The van der Waals surface area contributed by atoms with Crippen LogP contribution in [0.5, 0.6) is 11.5 Å². The van der Waals surface area contributed by atoms with E-state index in [2.05, 4.69) is 12.2 Å². The molecule has 0 spiro atoms. The predicted molar refractivity (Wildman–Crippen MR) is 108 cm³/mol. The summed E-state index contributed by atoms with van der Waals surface area (Å²) in [6, 6.07) is 7.36. The zero-order chi connectivity index (χ0) is 20.2. The fourth-order valence-electron chi connectivity index (χ4n) is 3.03. The van der Waals surface area contributed by atoms with Gasteiger partial charge in [0.05, 0.1) is 19.8 Å². The maximum absolute atomic E-state index is 12.3. The molecule has 1 aromatic carbocycles. The molecule has 2 rings (SSSR count). The van der Waals surface area contributed by atoms with E-state index in [9.17, 15) is 10.1 Å². The van der Waals surface area contributed by atoms with Gasteiger partial charge in [-0.1, -0.05) is 32.3 Å². The first kappa shape index (κ1) is 21.8. The van der Waals surface area contributed by atoms with Crippen molar-refractivity contribution in [3.05, 3.63) is 29.3 Å². The van der Waals surface area contributed by atoms with Crippen LogP contribution < -0.4 is 14.8 Å². The van der Waals surface area contributed by atoms with Crippen molar-refractivity contribution in [1.82, 2.24) is 5.32 Å². The van der Waals surface area contributed by atoms with Gasteiger partial charge < -0.3 is 19.5 Å². The van der Waals surface area contributed by atoms with Crippen LogP contribution in [-0.2, 0) is 9.53 Å². The highest BCUT2D eigenvalue weighted by Crippen LogP contribution is 2.29. The Morgan fingerprint density at radius 3 is 2.89 bits per heavy atom. The van der Waals surface area contributed by atoms with Gasteiger partial charge in [-0.15, -0.1) is 0 Å². The molecule has 0 aliphatic carbocycles. The maximum atomic E-state index is 12.3.